The van der Waals surface area contributed by atoms with Gasteiger partial charge in [0, 0.05) is 12.1 Å². The van der Waals surface area contributed by atoms with Gasteiger partial charge in [-0.1, -0.05) is 48.5 Å². The van der Waals surface area contributed by atoms with Crippen LogP contribution in [0.25, 0.3) is 33.6 Å². The minimum Gasteiger partial charge on any atom is -0.453 e. The largest absolute Gasteiger partial charge is 0.453 e. The zero-order valence-electron chi connectivity index (χ0n) is 30.3. The molecular formula is C38H46N8O6. The molecule has 4 N–H and O–H groups in total. The number of benzene rings is 2. The van der Waals surface area contributed by atoms with Gasteiger partial charge in [-0.25, -0.2) is 19.6 Å². The van der Waals surface area contributed by atoms with Crippen LogP contribution in [0, 0.1) is 0 Å². The molecular weight excluding hydrogens is 664 g/mol. The van der Waals surface area contributed by atoms with Crippen molar-refractivity contribution in [2.75, 3.05) is 14.2 Å². The zero-order chi connectivity index (χ0) is 37.1. The monoisotopic (exact) mass is 710 g/mol. The van der Waals surface area contributed by atoms with Crippen LogP contribution in [0.4, 0.5) is 9.59 Å². The van der Waals surface area contributed by atoms with Gasteiger partial charge < -0.3 is 39.9 Å². The summed E-state index contributed by atoms with van der Waals surface area (Å²) in [5, 5.41) is 5.15. The summed E-state index contributed by atoms with van der Waals surface area (Å²) in [6.45, 7) is 7.33. The minimum absolute atomic E-state index is 0.0122. The first kappa shape index (κ1) is 36.1. The van der Waals surface area contributed by atoms with Crippen LogP contribution in [-0.2, 0) is 19.1 Å². The maximum absolute atomic E-state index is 13.3. The summed E-state index contributed by atoms with van der Waals surface area (Å²) in [4.78, 5) is 69.7. The van der Waals surface area contributed by atoms with E-state index in [4.69, 9.17) is 0 Å². The molecule has 0 spiro atoms. The Balaban J connectivity index is 1.11. The molecule has 0 bridgehead atoms. The number of hydrogen-bond acceptors (Lipinski definition) is 8. The second-order valence-electron chi connectivity index (χ2n) is 13.6. The molecule has 6 rings (SSSR count). The normalized spacial score (nSPS) is 21.0. The molecule has 0 aliphatic carbocycles. The van der Waals surface area contributed by atoms with E-state index in [1.54, 1.807) is 36.0 Å². The number of nitrogens with one attached hydrogen (secondary N) is 4. The Kier molecular flexibility index (Phi) is 10.6. The van der Waals surface area contributed by atoms with Gasteiger partial charge in [-0.3, -0.25) is 9.59 Å². The predicted octanol–water partition coefficient (Wildman–Crippen LogP) is 5.73. The Morgan fingerprint density at radius 3 is 1.33 bits per heavy atom. The van der Waals surface area contributed by atoms with Gasteiger partial charge in [0.15, 0.2) is 0 Å². The fourth-order valence-corrected chi connectivity index (χ4v) is 7.28. The predicted molar refractivity (Wildman–Crippen MR) is 194 cm³/mol. The van der Waals surface area contributed by atoms with Crippen molar-refractivity contribution >= 4 is 24.0 Å². The first-order valence-electron chi connectivity index (χ1n) is 17.6. The number of imidazole rings is 2. The van der Waals surface area contributed by atoms with Crippen LogP contribution in [0.15, 0.2) is 60.9 Å². The first-order chi connectivity index (χ1) is 25.0. The second kappa shape index (κ2) is 15.3. The fraction of sp³-hybridized carbons (Fsp3) is 0.421. The van der Waals surface area contributed by atoms with E-state index in [0.717, 1.165) is 59.3 Å². The highest BCUT2D eigenvalue weighted by atomic mass is 16.5. The summed E-state index contributed by atoms with van der Waals surface area (Å²) in [5.41, 5.74) is 5.75. The van der Waals surface area contributed by atoms with Gasteiger partial charge in [-0.05, 0) is 75.6 Å². The van der Waals surface area contributed by atoms with Crippen molar-refractivity contribution in [1.82, 2.24) is 40.4 Å². The highest BCUT2D eigenvalue weighted by Gasteiger charge is 2.40. The van der Waals surface area contributed by atoms with E-state index in [-0.39, 0.29) is 36.0 Å². The minimum atomic E-state index is -0.722. The molecule has 2 saturated heterocycles. The van der Waals surface area contributed by atoms with E-state index >= 15 is 0 Å². The van der Waals surface area contributed by atoms with Crippen LogP contribution in [0.1, 0.15) is 77.1 Å². The third-order valence-corrected chi connectivity index (χ3v) is 10.2. The summed E-state index contributed by atoms with van der Waals surface area (Å²) in [5.74, 6) is 1.08. The number of rotatable bonds is 9. The number of carbonyl (C=O) groups is 4. The van der Waals surface area contributed by atoms with Gasteiger partial charge >= 0.3 is 12.2 Å². The van der Waals surface area contributed by atoms with Gasteiger partial charge in [0.2, 0.25) is 11.8 Å². The van der Waals surface area contributed by atoms with Crippen LogP contribution < -0.4 is 10.6 Å². The lowest BCUT2D eigenvalue weighted by molar-refractivity contribution is -0.136. The molecule has 4 heterocycles. The van der Waals surface area contributed by atoms with Crippen molar-refractivity contribution in [3.63, 3.8) is 0 Å². The average molecular weight is 711 g/mol. The number of methoxy groups -OCH3 is 2. The molecule has 2 aromatic heterocycles. The molecule has 0 radical (unpaired) electrons. The van der Waals surface area contributed by atoms with Crippen LogP contribution in [-0.4, -0.2) is 92.1 Å². The molecule has 14 heteroatoms. The van der Waals surface area contributed by atoms with Gasteiger partial charge in [-0.15, -0.1) is 0 Å². The topological polar surface area (TPSA) is 175 Å². The highest BCUT2D eigenvalue weighted by Crippen LogP contribution is 2.38. The van der Waals surface area contributed by atoms with Crippen molar-refractivity contribution in [3.05, 3.63) is 72.6 Å². The standard InChI is InChI=1S/C38H46N8O6/c1-21-7-17-31(45(21)35(47)23(3)41-37(49)51-5)33-39-19-29(43-33)27-13-9-25(10-14-27)26-11-15-28(16-12-26)30-20-40-34(44-30)32-18-8-22(2)46(32)36(48)24(4)42-38(50)52-6/h9-16,19-24,31-32H,7-8,17-18H2,1-6H3,(H,39,43)(H,40,44)(H,41,49)(H,42,50)/t21?,22?,23-,24-,31?,32?/m0/s1. The summed E-state index contributed by atoms with van der Waals surface area (Å²) in [6, 6.07) is 14.6. The van der Waals surface area contributed by atoms with E-state index in [1.165, 1.54) is 14.2 Å². The lowest BCUT2D eigenvalue weighted by Crippen LogP contribution is -2.48. The number of aromatic amines is 2. The Labute approximate surface area is 302 Å². The Hall–Kier alpha value is -5.66. The van der Waals surface area contributed by atoms with Crippen LogP contribution in [0.3, 0.4) is 0 Å². The summed E-state index contributed by atoms with van der Waals surface area (Å²) in [7, 11) is 2.54. The summed E-state index contributed by atoms with van der Waals surface area (Å²) >= 11 is 0. The lowest BCUT2D eigenvalue weighted by Gasteiger charge is -2.30. The highest BCUT2D eigenvalue weighted by molar-refractivity contribution is 5.87. The van der Waals surface area contributed by atoms with Crippen LogP contribution in [0.2, 0.25) is 0 Å². The van der Waals surface area contributed by atoms with Crippen molar-refractivity contribution < 1.29 is 28.7 Å². The van der Waals surface area contributed by atoms with E-state index < -0.39 is 24.3 Å². The van der Waals surface area contributed by atoms with E-state index in [1.807, 2.05) is 38.1 Å². The van der Waals surface area contributed by atoms with Gasteiger partial charge in [0.05, 0.1) is 50.1 Å². The molecule has 2 aromatic carbocycles. The molecule has 2 aliphatic heterocycles. The number of nitrogens with zero attached hydrogens (tertiary/aromatic N) is 4. The molecule has 2 aliphatic rings. The van der Waals surface area contributed by atoms with Gasteiger partial charge in [-0.2, -0.15) is 0 Å². The van der Waals surface area contributed by atoms with Crippen molar-refractivity contribution in [1.29, 1.82) is 0 Å². The zero-order valence-corrected chi connectivity index (χ0v) is 30.3. The molecule has 14 nitrogen and oxygen atoms in total. The van der Waals surface area contributed by atoms with E-state index in [0.29, 0.717) is 11.6 Å². The number of ether oxygens (including phenoxy) is 2. The average Bonchev–Trinajstić information content (AvgIpc) is 3.98. The third-order valence-electron chi connectivity index (χ3n) is 10.2. The maximum atomic E-state index is 13.3. The second-order valence-corrected chi connectivity index (χ2v) is 13.6. The third kappa shape index (κ3) is 7.37. The Morgan fingerprint density at radius 2 is 0.981 bits per heavy atom. The van der Waals surface area contributed by atoms with E-state index in [9.17, 15) is 19.2 Å². The van der Waals surface area contributed by atoms with Gasteiger partial charge in [0.25, 0.3) is 0 Å². The lowest BCUT2D eigenvalue weighted by atomic mass is 10.0. The number of aromatic nitrogens is 4. The number of carbonyl (C=O) groups excluding carboxylic acids is 4. The van der Waals surface area contributed by atoms with Crippen LogP contribution in [0.5, 0.6) is 0 Å². The quantitative estimate of drug-likeness (QED) is 0.170. The number of hydrogen-bond donors (Lipinski definition) is 4. The molecule has 2 fully saturated rings. The number of amides is 4. The number of likely N-dealkylation sites (tertiary alicyclic amines) is 2. The molecule has 52 heavy (non-hydrogen) atoms. The van der Waals surface area contributed by atoms with E-state index in [2.05, 4.69) is 64.3 Å². The van der Waals surface area contributed by atoms with Crippen molar-refractivity contribution in [2.24, 2.45) is 0 Å². The number of H-pyrrole nitrogens is 2. The first-order valence-corrected chi connectivity index (χ1v) is 17.6. The Bertz CT molecular complexity index is 1770. The fourth-order valence-electron chi connectivity index (χ4n) is 7.28. The molecule has 274 valence electrons. The summed E-state index contributed by atoms with van der Waals surface area (Å²) < 4.78 is 9.33. The molecule has 0 saturated carbocycles. The maximum Gasteiger partial charge on any atom is 0.407 e. The van der Waals surface area contributed by atoms with Crippen molar-refractivity contribution in [3.8, 4) is 33.6 Å². The summed E-state index contributed by atoms with van der Waals surface area (Å²) in [6.07, 6.45) is 5.51. The van der Waals surface area contributed by atoms with Crippen LogP contribution >= 0.6 is 0 Å². The Morgan fingerprint density at radius 1 is 0.635 bits per heavy atom. The molecule has 6 atom stereocenters. The van der Waals surface area contributed by atoms with Crippen molar-refractivity contribution in [2.45, 2.75) is 89.6 Å². The molecule has 4 amide bonds. The number of alkyl carbamates (subject to hydrolysis) is 2. The SMILES string of the molecule is COC(=O)N[C@@H](C)C(=O)N1C(C)CCC1c1ncc(-c2ccc(-c3ccc(-c4cnc(C5CCC(C)N5C(=O)[C@H](C)NC(=O)OC)[nH]4)cc3)cc2)[nH]1. The molecule has 4 aromatic rings. The van der Waals surface area contributed by atoms with Gasteiger partial charge in [0.1, 0.15) is 23.7 Å². The molecule has 4 unspecified atom stereocenters. The smallest absolute Gasteiger partial charge is 0.407 e.